The van der Waals surface area contributed by atoms with E-state index in [2.05, 4.69) is 0 Å². The maximum Gasteiger partial charge on any atom is 0.410 e. The number of rotatable bonds is 5. The number of Topliss-reactive ketones (excluding diaryl/α,β-unsaturated/α-hetero) is 1. The normalized spacial score (nSPS) is 16.6. The summed E-state index contributed by atoms with van der Waals surface area (Å²) in [4.78, 5) is 27.1. The van der Waals surface area contributed by atoms with Crippen LogP contribution in [0.15, 0.2) is 59.7 Å². The topological polar surface area (TPSA) is 65.1 Å². The van der Waals surface area contributed by atoms with Gasteiger partial charge < -0.3 is 14.2 Å². The van der Waals surface area contributed by atoms with Crippen LogP contribution in [0.4, 0.5) is 4.79 Å². The second-order valence-corrected chi connectivity index (χ2v) is 6.78. The van der Waals surface area contributed by atoms with E-state index >= 15 is 0 Å². The maximum absolute atomic E-state index is 13.2. The molecule has 6 nitrogen and oxygen atoms in total. The van der Waals surface area contributed by atoms with E-state index in [1.807, 2.05) is 48.5 Å². The average Bonchev–Trinajstić information content (AvgIpc) is 2.76. The van der Waals surface area contributed by atoms with E-state index in [9.17, 15) is 9.59 Å². The zero-order chi connectivity index (χ0) is 21.5. The number of hydrogen-bond donors (Lipinski definition) is 0. The number of carbonyl (C=O) groups is 2. The number of methoxy groups -OCH3 is 2. The molecule has 2 aromatic carbocycles. The second-order valence-electron chi connectivity index (χ2n) is 6.78. The van der Waals surface area contributed by atoms with Gasteiger partial charge in [0.15, 0.2) is 5.78 Å². The highest BCUT2D eigenvalue weighted by Crippen LogP contribution is 2.25. The first-order valence-electron chi connectivity index (χ1n) is 9.69. The lowest BCUT2D eigenvalue weighted by Crippen LogP contribution is -2.41. The Morgan fingerprint density at radius 3 is 1.87 bits per heavy atom. The fraction of sp³-hybridized carbons (Fsp3) is 0.250. The molecule has 0 saturated carbocycles. The molecule has 0 unspecified atom stereocenters. The third-order valence-electron chi connectivity index (χ3n) is 4.70. The zero-order valence-corrected chi connectivity index (χ0v) is 17.4. The van der Waals surface area contributed by atoms with E-state index in [-0.39, 0.29) is 25.5 Å². The van der Waals surface area contributed by atoms with Gasteiger partial charge >= 0.3 is 6.09 Å². The van der Waals surface area contributed by atoms with Crippen molar-refractivity contribution < 1.29 is 23.8 Å². The Morgan fingerprint density at radius 1 is 0.933 bits per heavy atom. The smallest absolute Gasteiger partial charge is 0.410 e. The van der Waals surface area contributed by atoms with Crippen LogP contribution in [-0.4, -0.2) is 50.7 Å². The second kappa shape index (κ2) is 9.78. The molecule has 3 rings (SSSR count). The van der Waals surface area contributed by atoms with Gasteiger partial charge in [0.05, 0.1) is 33.9 Å². The molecule has 30 heavy (non-hydrogen) atoms. The number of likely N-dealkylation sites (tertiary alicyclic amines) is 1. The van der Waals surface area contributed by atoms with Gasteiger partial charge in [0, 0.05) is 11.1 Å². The van der Waals surface area contributed by atoms with E-state index in [1.54, 1.807) is 33.3 Å². The van der Waals surface area contributed by atoms with E-state index in [0.717, 1.165) is 11.1 Å². The summed E-state index contributed by atoms with van der Waals surface area (Å²) in [5.41, 5.74) is 2.67. The van der Waals surface area contributed by atoms with Crippen molar-refractivity contribution in [1.29, 1.82) is 0 Å². The molecule has 1 saturated heterocycles. The average molecular weight is 407 g/mol. The molecule has 0 N–H and O–H groups in total. The molecule has 1 aliphatic heterocycles. The van der Waals surface area contributed by atoms with Crippen LogP contribution in [0.25, 0.3) is 12.2 Å². The van der Waals surface area contributed by atoms with Crippen molar-refractivity contribution in [2.75, 3.05) is 33.9 Å². The molecule has 2 aromatic rings. The summed E-state index contributed by atoms with van der Waals surface area (Å²) in [6, 6.07) is 14.8. The number of ketones is 1. The van der Waals surface area contributed by atoms with Crippen LogP contribution in [0, 0.1) is 0 Å². The lowest BCUT2D eigenvalue weighted by molar-refractivity contribution is -0.113. The van der Waals surface area contributed by atoms with Gasteiger partial charge in [-0.2, -0.15) is 0 Å². The molecule has 0 aromatic heterocycles. The van der Waals surface area contributed by atoms with Gasteiger partial charge in [-0.1, -0.05) is 24.3 Å². The Bertz CT molecular complexity index is 923. The quantitative estimate of drug-likeness (QED) is 0.695. The Balaban J connectivity index is 1.99. The number of hydrogen-bond acceptors (Lipinski definition) is 5. The molecule has 1 fully saturated rings. The maximum atomic E-state index is 13.2. The zero-order valence-electron chi connectivity index (χ0n) is 17.4. The van der Waals surface area contributed by atoms with Gasteiger partial charge in [0.1, 0.15) is 11.5 Å². The van der Waals surface area contributed by atoms with Crippen molar-refractivity contribution in [3.8, 4) is 11.5 Å². The predicted molar refractivity (Wildman–Crippen MR) is 116 cm³/mol. The minimum Gasteiger partial charge on any atom is -0.497 e. The number of piperidine rings is 1. The summed E-state index contributed by atoms with van der Waals surface area (Å²) in [5.74, 6) is 1.30. The molecule has 1 aliphatic rings. The minimum absolute atomic E-state index is 0.0961. The van der Waals surface area contributed by atoms with Crippen LogP contribution < -0.4 is 9.47 Å². The van der Waals surface area contributed by atoms with Crippen molar-refractivity contribution in [2.45, 2.75) is 6.92 Å². The van der Waals surface area contributed by atoms with Crippen LogP contribution in [0.2, 0.25) is 0 Å². The van der Waals surface area contributed by atoms with Gasteiger partial charge in [0.25, 0.3) is 0 Å². The molecule has 0 aliphatic carbocycles. The summed E-state index contributed by atoms with van der Waals surface area (Å²) in [7, 11) is 3.19. The van der Waals surface area contributed by atoms with E-state index < -0.39 is 6.09 Å². The number of amides is 1. The van der Waals surface area contributed by atoms with Crippen molar-refractivity contribution in [3.63, 3.8) is 0 Å². The molecule has 0 radical (unpaired) electrons. The molecule has 0 bridgehead atoms. The van der Waals surface area contributed by atoms with Crippen molar-refractivity contribution >= 4 is 24.0 Å². The molecule has 0 spiro atoms. The van der Waals surface area contributed by atoms with Gasteiger partial charge in [-0.3, -0.25) is 9.69 Å². The van der Waals surface area contributed by atoms with E-state index in [0.29, 0.717) is 22.6 Å². The molecular weight excluding hydrogens is 382 g/mol. The summed E-state index contributed by atoms with van der Waals surface area (Å²) in [6.45, 7) is 2.40. The van der Waals surface area contributed by atoms with E-state index in [4.69, 9.17) is 14.2 Å². The van der Waals surface area contributed by atoms with Crippen molar-refractivity contribution in [3.05, 3.63) is 70.8 Å². The third-order valence-corrected chi connectivity index (χ3v) is 4.70. The summed E-state index contributed by atoms with van der Waals surface area (Å²) >= 11 is 0. The first-order valence-corrected chi connectivity index (χ1v) is 9.69. The van der Waals surface area contributed by atoms with Crippen LogP contribution in [0.5, 0.6) is 11.5 Å². The first kappa shape index (κ1) is 21.2. The lowest BCUT2D eigenvalue weighted by Gasteiger charge is -2.29. The Kier molecular flexibility index (Phi) is 6.91. The lowest BCUT2D eigenvalue weighted by atomic mass is 9.94. The minimum atomic E-state index is -0.446. The summed E-state index contributed by atoms with van der Waals surface area (Å²) in [5, 5.41) is 0. The molecule has 0 atom stereocenters. The third kappa shape index (κ3) is 5.08. The highest BCUT2D eigenvalue weighted by molar-refractivity contribution is 6.15. The van der Waals surface area contributed by atoms with Crippen molar-refractivity contribution in [2.24, 2.45) is 0 Å². The van der Waals surface area contributed by atoms with Crippen LogP contribution in [0.3, 0.4) is 0 Å². The molecule has 156 valence electrons. The Labute approximate surface area is 176 Å². The van der Waals surface area contributed by atoms with Crippen LogP contribution >= 0.6 is 0 Å². The number of carbonyl (C=O) groups excluding carboxylic acids is 2. The van der Waals surface area contributed by atoms with Crippen LogP contribution in [-0.2, 0) is 9.53 Å². The SMILES string of the molecule is CCOC(=O)N1C/C(=C/c2cccc(OC)c2)C(=O)/C(=C/c2cccc(OC)c2)C1. The first-order chi connectivity index (χ1) is 14.5. The van der Waals surface area contributed by atoms with E-state index in [1.165, 1.54) is 4.90 Å². The molecular formula is C24H25NO5. The molecule has 6 heteroatoms. The number of ether oxygens (including phenoxy) is 3. The Hall–Kier alpha value is -3.54. The van der Waals surface area contributed by atoms with Gasteiger partial charge in [-0.05, 0) is 54.5 Å². The fourth-order valence-corrected chi connectivity index (χ4v) is 3.25. The molecule has 1 amide bonds. The Morgan fingerprint density at radius 2 is 1.43 bits per heavy atom. The van der Waals surface area contributed by atoms with Gasteiger partial charge in [-0.25, -0.2) is 4.79 Å². The summed E-state index contributed by atoms with van der Waals surface area (Å²) < 4.78 is 15.7. The summed E-state index contributed by atoms with van der Waals surface area (Å²) in [6.07, 6.45) is 3.13. The largest absolute Gasteiger partial charge is 0.497 e. The van der Waals surface area contributed by atoms with Crippen LogP contribution in [0.1, 0.15) is 18.1 Å². The van der Waals surface area contributed by atoms with Gasteiger partial charge in [-0.15, -0.1) is 0 Å². The monoisotopic (exact) mass is 407 g/mol. The molecule has 1 heterocycles. The predicted octanol–water partition coefficient (Wildman–Crippen LogP) is 4.21. The van der Waals surface area contributed by atoms with Crippen molar-refractivity contribution in [1.82, 2.24) is 4.90 Å². The fourth-order valence-electron chi connectivity index (χ4n) is 3.25. The van der Waals surface area contributed by atoms with Gasteiger partial charge in [0.2, 0.25) is 0 Å². The highest BCUT2D eigenvalue weighted by atomic mass is 16.6. The number of benzene rings is 2. The highest BCUT2D eigenvalue weighted by Gasteiger charge is 2.29. The standard InChI is InChI=1S/C24H25NO5/c1-4-30-24(27)25-15-19(11-17-7-5-9-21(13-17)28-2)23(26)20(16-25)12-18-8-6-10-22(14-18)29-3/h5-14H,4,15-16H2,1-3H3/b19-11-,20-12+. The number of nitrogens with zero attached hydrogens (tertiary/aromatic N) is 1.